The van der Waals surface area contributed by atoms with E-state index in [-0.39, 0.29) is 11.4 Å². The summed E-state index contributed by atoms with van der Waals surface area (Å²) in [5.41, 5.74) is -1.68. The lowest BCUT2D eigenvalue weighted by molar-refractivity contribution is -0.140. The Morgan fingerprint density at radius 1 is 1.26 bits per heavy atom. The summed E-state index contributed by atoms with van der Waals surface area (Å²) in [7, 11) is 0. The zero-order valence-corrected chi connectivity index (χ0v) is 9.15. The number of carbonyl (C=O) groups is 1. The average Bonchev–Trinajstić information content (AvgIpc) is 2.76. The SMILES string of the molecule is O=C(O)c1ccn(-c2ccc(C(F)(F)F)c(F)c2)n1. The highest BCUT2D eigenvalue weighted by atomic mass is 19.4. The first-order valence-electron chi connectivity index (χ1n) is 4.95. The van der Waals surface area contributed by atoms with Gasteiger partial charge in [-0.05, 0) is 18.2 Å². The maximum Gasteiger partial charge on any atom is 0.419 e. The molecule has 0 aliphatic carbocycles. The topological polar surface area (TPSA) is 55.1 Å². The van der Waals surface area contributed by atoms with Crippen molar-refractivity contribution in [2.75, 3.05) is 0 Å². The third kappa shape index (κ3) is 2.56. The van der Waals surface area contributed by atoms with Crippen LogP contribution < -0.4 is 0 Å². The van der Waals surface area contributed by atoms with Crippen LogP contribution in [0.15, 0.2) is 30.5 Å². The molecule has 2 rings (SSSR count). The van der Waals surface area contributed by atoms with Gasteiger partial charge in [-0.3, -0.25) is 0 Å². The molecule has 0 atom stereocenters. The Kier molecular flexibility index (Phi) is 3.01. The van der Waals surface area contributed by atoms with E-state index in [1.54, 1.807) is 0 Å². The molecule has 0 unspecified atom stereocenters. The molecule has 0 bridgehead atoms. The average molecular weight is 274 g/mol. The van der Waals surface area contributed by atoms with Crippen molar-refractivity contribution >= 4 is 5.97 Å². The fourth-order valence-electron chi connectivity index (χ4n) is 1.46. The summed E-state index contributed by atoms with van der Waals surface area (Å²) in [5.74, 6) is -2.73. The first-order chi connectivity index (χ1) is 8.79. The molecular formula is C11H6F4N2O2. The Bertz CT molecular complexity index is 634. The second-order valence-electron chi connectivity index (χ2n) is 3.61. The molecule has 1 aromatic heterocycles. The van der Waals surface area contributed by atoms with E-state index in [0.717, 1.165) is 16.8 Å². The van der Waals surface area contributed by atoms with E-state index in [1.165, 1.54) is 6.20 Å². The molecule has 100 valence electrons. The highest BCUT2D eigenvalue weighted by molar-refractivity contribution is 5.85. The normalized spacial score (nSPS) is 11.6. The molecule has 0 aliphatic rings. The summed E-state index contributed by atoms with van der Waals surface area (Å²) in [6.07, 6.45) is -3.57. The molecule has 0 amide bonds. The smallest absolute Gasteiger partial charge is 0.419 e. The summed E-state index contributed by atoms with van der Waals surface area (Å²) in [6.45, 7) is 0. The van der Waals surface area contributed by atoms with E-state index in [2.05, 4.69) is 5.10 Å². The van der Waals surface area contributed by atoms with Gasteiger partial charge in [-0.1, -0.05) is 0 Å². The van der Waals surface area contributed by atoms with Crippen LogP contribution in [0.5, 0.6) is 0 Å². The number of aromatic nitrogens is 2. The number of aromatic carboxylic acids is 1. The molecule has 0 saturated carbocycles. The number of alkyl halides is 3. The van der Waals surface area contributed by atoms with Gasteiger partial charge in [0.15, 0.2) is 5.69 Å². The van der Waals surface area contributed by atoms with Crippen LogP contribution in [0.4, 0.5) is 17.6 Å². The molecule has 0 aliphatic heterocycles. The minimum Gasteiger partial charge on any atom is -0.476 e. The first kappa shape index (κ1) is 13.1. The largest absolute Gasteiger partial charge is 0.476 e. The lowest BCUT2D eigenvalue weighted by Crippen LogP contribution is -2.09. The standard InChI is InChI=1S/C11H6F4N2O2/c12-8-5-6(1-2-7(8)11(13,14)15)17-4-3-9(16-17)10(18)19/h1-5H,(H,18,19). The zero-order valence-electron chi connectivity index (χ0n) is 9.15. The number of carboxylic acids is 1. The predicted octanol–water partition coefficient (Wildman–Crippen LogP) is 2.73. The minimum atomic E-state index is -4.78. The Labute approximate surface area is 103 Å². The van der Waals surface area contributed by atoms with Crippen LogP contribution in [-0.4, -0.2) is 20.9 Å². The molecule has 19 heavy (non-hydrogen) atoms. The maximum absolute atomic E-state index is 13.3. The van der Waals surface area contributed by atoms with Gasteiger partial charge in [0.1, 0.15) is 5.82 Å². The molecule has 0 saturated heterocycles. The summed E-state index contributed by atoms with van der Waals surface area (Å²) in [6, 6.07) is 3.37. The van der Waals surface area contributed by atoms with Crippen molar-refractivity contribution in [3.8, 4) is 5.69 Å². The maximum atomic E-state index is 13.3. The van der Waals surface area contributed by atoms with Crippen LogP contribution in [0.3, 0.4) is 0 Å². The van der Waals surface area contributed by atoms with E-state index in [9.17, 15) is 22.4 Å². The van der Waals surface area contributed by atoms with Crippen molar-refractivity contribution in [2.24, 2.45) is 0 Å². The number of hydrogen-bond donors (Lipinski definition) is 1. The number of benzene rings is 1. The number of rotatable bonds is 2. The Morgan fingerprint density at radius 3 is 2.42 bits per heavy atom. The van der Waals surface area contributed by atoms with Crippen molar-refractivity contribution in [3.05, 3.63) is 47.5 Å². The molecule has 8 heteroatoms. The van der Waals surface area contributed by atoms with E-state index in [1.807, 2.05) is 0 Å². The zero-order chi connectivity index (χ0) is 14.2. The fourth-order valence-corrected chi connectivity index (χ4v) is 1.46. The quantitative estimate of drug-likeness (QED) is 0.857. The summed E-state index contributed by atoms with van der Waals surface area (Å²) < 4.78 is 51.4. The van der Waals surface area contributed by atoms with Crippen LogP contribution in [0.2, 0.25) is 0 Å². The summed E-state index contributed by atoms with van der Waals surface area (Å²) in [4.78, 5) is 10.6. The van der Waals surface area contributed by atoms with Gasteiger partial charge in [0.05, 0.1) is 11.3 Å². The van der Waals surface area contributed by atoms with E-state index < -0.39 is 23.5 Å². The molecule has 0 spiro atoms. The van der Waals surface area contributed by atoms with E-state index in [0.29, 0.717) is 12.1 Å². The lowest BCUT2D eigenvalue weighted by Gasteiger charge is -2.09. The van der Waals surface area contributed by atoms with Gasteiger partial charge in [-0.15, -0.1) is 0 Å². The Morgan fingerprint density at radius 2 is 1.95 bits per heavy atom. The van der Waals surface area contributed by atoms with Crippen molar-refractivity contribution in [1.82, 2.24) is 9.78 Å². The fraction of sp³-hybridized carbons (Fsp3) is 0.0909. The van der Waals surface area contributed by atoms with Gasteiger partial charge >= 0.3 is 12.1 Å². The summed E-state index contributed by atoms with van der Waals surface area (Å²) >= 11 is 0. The van der Waals surface area contributed by atoms with Gasteiger partial charge in [0.25, 0.3) is 0 Å². The van der Waals surface area contributed by atoms with Gasteiger partial charge in [0.2, 0.25) is 0 Å². The molecule has 1 N–H and O–H groups in total. The number of carboxylic acid groups (broad SMARTS) is 1. The second-order valence-corrected chi connectivity index (χ2v) is 3.61. The first-order valence-corrected chi connectivity index (χ1v) is 4.95. The van der Waals surface area contributed by atoms with Gasteiger partial charge < -0.3 is 5.11 Å². The monoisotopic (exact) mass is 274 g/mol. The third-order valence-electron chi connectivity index (χ3n) is 2.33. The minimum absolute atomic E-state index is 0.00185. The number of hydrogen-bond acceptors (Lipinski definition) is 2. The Hall–Kier alpha value is -2.38. The molecule has 4 nitrogen and oxygen atoms in total. The highest BCUT2D eigenvalue weighted by Crippen LogP contribution is 2.32. The van der Waals surface area contributed by atoms with Crippen LogP contribution in [-0.2, 0) is 6.18 Å². The van der Waals surface area contributed by atoms with Crippen LogP contribution in [0, 0.1) is 5.82 Å². The molecular weight excluding hydrogens is 268 g/mol. The van der Waals surface area contributed by atoms with Crippen molar-refractivity contribution < 1.29 is 27.5 Å². The van der Waals surface area contributed by atoms with Crippen LogP contribution in [0.1, 0.15) is 16.1 Å². The number of nitrogens with zero attached hydrogens (tertiary/aromatic N) is 2. The Balaban J connectivity index is 2.41. The van der Waals surface area contributed by atoms with Crippen LogP contribution >= 0.6 is 0 Å². The molecule has 2 aromatic rings. The third-order valence-corrected chi connectivity index (χ3v) is 2.33. The van der Waals surface area contributed by atoms with Crippen molar-refractivity contribution in [1.29, 1.82) is 0 Å². The van der Waals surface area contributed by atoms with Crippen molar-refractivity contribution in [3.63, 3.8) is 0 Å². The van der Waals surface area contributed by atoms with E-state index >= 15 is 0 Å². The predicted molar refractivity (Wildman–Crippen MR) is 55.5 cm³/mol. The van der Waals surface area contributed by atoms with Gasteiger partial charge in [-0.25, -0.2) is 13.9 Å². The van der Waals surface area contributed by atoms with Crippen LogP contribution in [0.25, 0.3) is 5.69 Å². The highest BCUT2D eigenvalue weighted by Gasteiger charge is 2.34. The van der Waals surface area contributed by atoms with Gasteiger partial charge in [0, 0.05) is 12.3 Å². The second kappa shape index (κ2) is 4.38. The van der Waals surface area contributed by atoms with E-state index in [4.69, 9.17) is 5.11 Å². The van der Waals surface area contributed by atoms with Crippen molar-refractivity contribution in [2.45, 2.75) is 6.18 Å². The molecule has 0 fully saturated rings. The van der Waals surface area contributed by atoms with Gasteiger partial charge in [-0.2, -0.15) is 18.3 Å². The summed E-state index contributed by atoms with van der Waals surface area (Å²) in [5, 5.41) is 12.2. The number of halogens is 4. The molecule has 0 radical (unpaired) electrons. The lowest BCUT2D eigenvalue weighted by atomic mass is 10.2. The molecule has 1 aromatic carbocycles. The molecule has 1 heterocycles.